The maximum Gasteiger partial charge on any atom is 0.264 e. The molecular weight excluding hydrogens is 470 g/mol. The molecule has 0 radical (unpaired) electrons. The first-order valence-corrected chi connectivity index (χ1v) is 13.2. The van der Waals surface area contributed by atoms with Gasteiger partial charge >= 0.3 is 0 Å². The van der Waals surface area contributed by atoms with Crippen molar-refractivity contribution < 1.29 is 13.2 Å². The number of hydrogen-bond donors (Lipinski definition) is 0. The molecule has 1 saturated heterocycles. The fraction of sp³-hybridized carbons (Fsp3) is 0.269. The van der Waals surface area contributed by atoms with Gasteiger partial charge in [0.2, 0.25) is 5.91 Å². The second-order valence-corrected chi connectivity index (χ2v) is 10.5. The molecule has 0 spiro atoms. The third kappa shape index (κ3) is 5.21. The number of para-hydroxylation sites is 1. The maximum atomic E-state index is 13.6. The summed E-state index contributed by atoms with van der Waals surface area (Å²) in [6.07, 6.45) is 0.656. The van der Waals surface area contributed by atoms with Crippen molar-refractivity contribution in [3.8, 4) is 0 Å². The van der Waals surface area contributed by atoms with Gasteiger partial charge in [-0.2, -0.15) is 0 Å². The van der Waals surface area contributed by atoms with E-state index in [2.05, 4.69) is 4.90 Å². The van der Waals surface area contributed by atoms with Crippen molar-refractivity contribution in [2.75, 3.05) is 41.9 Å². The standard InChI is InChI=1S/C26H28ClN3O3S/c1-2-21-9-6-7-14-25(21)30(34(32,33)24-12-4-3-5-13-24)20-26(31)29-17-15-28(16-18-29)23-11-8-10-22(27)19-23/h3-14,19H,2,15-18,20H2,1H3. The average molecular weight is 498 g/mol. The first-order valence-electron chi connectivity index (χ1n) is 11.3. The quantitative estimate of drug-likeness (QED) is 0.484. The van der Waals surface area contributed by atoms with E-state index >= 15 is 0 Å². The van der Waals surface area contributed by atoms with Crippen LogP contribution in [0.25, 0.3) is 0 Å². The molecule has 34 heavy (non-hydrogen) atoms. The zero-order chi connectivity index (χ0) is 24.1. The highest BCUT2D eigenvalue weighted by molar-refractivity contribution is 7.92. The van der Waals surface area contributed by atoms with E-state index in [0.29, 0.717) is 43.3 Å². The lowest BCUT2D eigenvalue weighted by atomic mass is 10.1. The Labute approximate surface area is 206 Å². The van der Waals surface area contributed by atoms with Crippen molar-refractivity contribution in [1.29, 1.82) is 0 Å². The Kier molecular flexibility index (Phi) is 7.44. The predicted octanol–water partition coefficient (Wildman–Crippen LogP) is 4.45. The van der Waals surface area contributed by atoms with Gasteiger partial charge in [0.25, 0.3) is 10.0 Å². The van der Waals surface area contributed by atoms with Gasteiger partial charge in [0.15, 0.2) is 0 Å². The lowest BCUT2D eigenvalue weighted by Gasteiger charge is -2.37. The molecule has 8 heteroatoms. The van der Waals surface area contributed by atoms with Gasteiger partial charge in [0, 0.05) is 36.9 Å². The van der Waals surface area contributed by atoms with Crippen LogP contribution in [0.4, 0.5) is 11.4 Å². The fourth-order valence-corrected chi connectivity index (χ4v) is 5.84. The van der Waals surface area contributed by atoms with Crippen molar-refractivity contribution >= 4 is 38.9 Å². The van der Waals surface area contributed by atoms with E-state index in [1.165, 1.54) is 4.31 Å². The van der Waals surface area contributed by atoms with E-state index < -0.39 is 10.0 Å². The summed E-state index contributed by atoms with van der Waals surface area (Å²) in [6, 6.07) is 23.3. The van der Waals surface area contributed by atoms with E-state index in [0.717, 1.165) is 11.3 Å². The number of amides is 1. The molecule has 3 aromatic rings. The predicted molar refractivity (Wildman–Crippen MR) is 137 cm³/mol. The van der Waals surface area contributed by atoms with E-state index in [-0.39, 0.29) is 17.3 Å². The first-order chi connectivity index (χ1) is 16.4. The lowest BCUT2D eigenvalue weighted by Crippen LogP contribution is -2.52. The average Bonchev–Trinajstić information content (AvgIpc) is 2.87. The van der Waals surface area contributed by atoms with Crippen LogP contribution >= 0.6 is 11.6 Å². The Morgan fingerprint density at radius 2 is 1.59 bits per heavy atom. The third-order valence-electron chi connectivity index (χ3n) is 6.06. The second kappa shape index (κ2) is 10.5. The molecule has 1 amide bonds. The minimum atomic E-state index is -3.92. The number of anilines is 2. The van der Waals surface area contributed by atoms with Crippen LogP contribution < -0.4 is 9.21 Å². The maximum absolute atomic E-state index is 13.6. The SMILES string of the molecule is CCc1ccccc1N(CC(=O)N1CCN(c2cccc(Cl)c2)CC1)S(=O)(=O)c1ccccc1. The van der Waals surface area contributed by atoms with Crippen molar-refractivity contribution in [2.24, 2.45) is 0 Å². The molecule has 1 heterocycles. The Bertz CT molecular complexity index is 1240. The van der Waals surface area contributed by atoms with Crippen LogP contribution in [0.15, 0.2) is 83.8 Å². The highest BCUT2D eigenvalue weighted by Crippen LogP contribution is 2.28. The van der Waals surface area contributed by atoms with Gasteiger partial charge < -0.3 is 9.80 Å². The largest absolute Gasteiger partial charge is 0.368 e. The monoisotopic (exact) mass is 497 g/mol. The van der Waals surface area contributed by atoms with Gasteiger partial charge in [0.1, 0.15) is 6.54 Å². The topological polar surface area (TPSA) is 60.9 Å². The molecule has 0 unspecified atom stereocenters. The Morgan fingerprint density at radius 1 is 0.912 bits per heavy atom. The minimum Gasteiger partial charge on any atom is -0.368 e. The van der Waals surface area contributed by atoms with Crippen molar-refractivity contribution in [3.05, 3.63) is 89.4 Å². The van der Waals surface area contributed by atoms with E-state index in [1.54, 1.807) is 47.4 Å². The van der Waals surface area contributed by atoms with Crippen LogP contribution in [0, 0.1) is 0 Å². The van der Waals surface area contributed by atoms with Crippen LogP contribution in [0.3, 0.4) is 0 Å². The number of halogens is 1. The number of sulfonamides is 1. The summed E-state index contributed by atoms with van der Waals surface area (Å²) < 4.78 is 28.5. The van der Waals surface area contributed by atoms with E-state index in [4.69, 9.17) is 11.6 Å². The van der Waals surface area contributed by atoms with Gasteiger partial charge in [-0.3, -0.25) is 9.10 Å². The molecule has 1 aliphatic rings. The minimum absolute atomic E-state index is 0.166. The zero-order valence-corrected chi connectivity index (χ0v) is 20.7. The summed E-state index contributed by atoms with van der Waals surface area (Å²) in [5.41, 5.74) is 2.44. The number of piperazine rings is 1. The van der Waals surface area contributed by atoms with Crippen LogP contribution in [0.5, 0.6) is 0 Å². The van der Waals surface area contributed by atoms with Crippen molar-refractivity contribution in [3.63, 3.8) is 0 Å². The van der Waals surface area contributed by atoms with Crippen molar-refractivity contribution in [2.45, 2.75) is 18.2 Å². The van der Waals surface area contributed by atoms with Crippen LogP contribution in [-0.4, -0.2) is 51.9 Å². The summed E-state index contributed by atoms with van der Waals surface area (Å²) >= 11 is 6.12. The molecule has 178 valence electrons. The lowest BCUT2D eigenvalue weighted by molar-refractivity contribution is -0.129. The Morgan fingerprint density at radius 3 is 2.26 bits per heavy atom. The molecule has 1 aliphatic heterocycles. The van der Waals surface area contributed by atoms with Crippen LogP contribution in [0.1, 0.15) is 12.5 Å². The molecule has 0 bridgehead atoms. The van der Waals surface area contributed by atoms with Crippen LogP contribution in [-0.2, 0) is 21.2 Å². The molecule has 1 fully saturated rings. The number of nitrogens with zero attached hydrogens (tertiary/aromatic N) is 3. The van der Waals surface area contributed by atoms with Gasteiger partial charge in [0.05, 0.1) is 10.6 Å². The summed E-state index contributed by atoms with van der Waals surface area (Å²) in [5.74, 6) is -0.212. The molecular formula is C26H28ClN3O3S. The molecule has 0 aromatic heterocycles. The molecule has 0 aliphatic carbocycles. The van der Waals surface area contributed by atoms with Gasteiger partial charge in [-0.25, -0.2) is 8.42 Å². The highest BCUT2D eigenvalue weighted by Gasteiger charge is 2.31. The molecule has 0 atom stereocenters. The summed E-state index contributed by atoms with van der Waals surface area (Å²) in [5, 5.41) is 0.673. The Balaban J connectivity index is 1.56. The van der Waals surface area contributed by atoms with E-state index in [1.807, 2.05) is 43.3 Å². The summed E-state index contributed by atoms with van der Waals surface area (Å²) in [7, 11) is -3.92. The number of carbonyl (C=O) groups is 1. The van der Waals surface area contributed by atoms with Gasteiger partial charge in [-0.05, 0) is 48.4 Å². The van der Waals surface area contributed by atoms with Crippen molar-refractivity contribution in [1.82, 2.24) is 4.90 Å². The van der Waals surface area contributed by atoms with E-state index in [9.17, 15) is 13.2 Å². The van der Waals surface area contributed by atoms with Gasteiger partial charge in [-0.15, -0.1) is 0 Å². The number of aryl methyl sites for hydroxylation is 1. The smallest absolute Gasteiger partial charge is 0.264 e. The highest BCUT2D eigenvalue weighted by atomic mass is 35.5. The van der Waals surface area contributed by atoms with Gasteiger partial charge in [-0.1, -0.05) is 61.0 Å². The van der Waals surface area contributed by atoms with Crippen LogP contribution in [0.2, 0.25) is 5.02 Å². The number of benzene rings is 3. The second-order valence-electron chi connectivity index (χ2n) is 8.15. The molecule has 0 saturated carbocycles. The molecule has 0 N–H and O–H groups in total. The zero-order valence-electron chi connectivity index (χ0n) is 19.1. The molecule has 6 nitrogen and oxygen atoms in total. The fourth-order valence-electron chi connectivity index (χ4n) is 4.18. The molecule has 3 aromatic carbocycles. The number of carbonyl (C=O) groups excluding carboxylic acids is 1. The first kappa shape index (κ1) is 24.1. The summed E-state index contributed by atoms with van der Waals surface area (Å²) in [4.78, 5) is 17.4. The third-order valence-corrected chi connectivity index (χ3v) is 8.07. The number of hydrogen-bond acceptors (Lipinski definition) is 4. The number of rotatable bonds is 7. The summed E-state index contributed by atoms with van der Waals surface area (Å²) in [6.45, 7) is 4.07. The Hall–Kier alpha value is -3.03. The normalized spacial score (nSPS) is 14.2. The molecule has 4 rings (SSSR count).